The standard InChI is InChI=1S/C9H15N/c1-2-3-8-4-9(5-8)6-10-7-9/h2,8,10H,1,3-7H2. The third-order valence-corrected chi connectivity index (χ3v) is 2.94. The molecule has 1 spiro atoms. The fourth-order valence-corrected chi connectivity index (χ4v) is 2.33. The Morgan fingerprint density at radius 2 is 2.20 bits per heavy atom. The molecule has 2 fully saturated rings. The third-order valence-electron chi connectivity index (χ3n) is 2.94. The highest BCUT2D eigenvalue weighted by atomic mass is 15.0. The van der Waals surface area contributed by atoms with Crippen LogP contribution >= 0.6 is 0 Å². The zero-order chi connectivity index (χ0) is 7.03. The Morgan fingerprint density at radius 3 is 2.60 bits per heavy atom. The number of rotatable bonds is 2. The molecule has 0 unspecified atom stereocenters. The van der Waals surface area contributed by atoms with E-state index in [-0.39, 0.29) is 0 Å². The first-order valence-corrected chi connectivity index (χ1v) is 4.16. The van der Waals surface area contributed by atoms with Gasteiger partial charge in [-0.15, -0.1) is 6.58 Å². The summed E-state index contributed by atoms with van der Waals surface area (Å²) in [4.78, 5) is 0. The van der Waals surface area contributed by atoms with E-state index in [2.05, 4.69) is 18.0 Å². The Balaban J connectivity index is 1.77. The van der Waals surface area contributed by atoms with Crippen molar-refractivity contribution in [3.8, 4) is 0 Å². The Kier molecular flexibility index (Phi) is 1.34. The quantitative estimate of drug-likeness (QED) is 0.569. The molecule has 2 aliphatic rings. The van der Waals surface area contributed by atoms with Crippen molar-refractivity contribution in [1.82, 2.24) is 5.32 Å². The lowest BCUT2D eigenvalue weighted by molar-refractivity contribution is 0.00213. The normalized spacial score (nSPS) is 29.2. The average molecular weight is 137 g/mol. The van der Waals surface area contributed by atoms with Crippen LogP contribution < -0.4 is 5.32 Å². The van der Waals surface area contributed by atoms with Crippen molar-refractivity contribution in [1.29, 1.82) is 0 Å². The van der Waals surface area contributed by atoms with Gasteiger partial charge in [-0.1, -0.05) is 6.08 Å². The van der Waals surface area contributed by atoms with Crippen molar-refractivity contribution in [3.63, 3.8) is 0 Å². The molecule has 1 aliphatic heterocycles. The molecule has 0 amide bonds. The van der Waals surface area contributed by atoms with Gasteiger partial charge in [-0.05, 0) is 30.6 Å². The minimum atomic E-state index is 0.758. The maximum atomic E-state index is 3.76. The fourth-order valence-electron chi connectivity index (χ4n) is 2.33. The number of hydrogen-bond acceptors (Lipinski definition) is 1. The van der Waals surface area contributed by atoms with Crippen molar-refractivity contribution in [2.24, 2.45) is 11.3 Å². The van der Waals surface area contributed by atoms with Crippen LogP contribution in [-0.2, 0) is 0 Å². The van der Waals surface area contributed by atoms with Gasteiger partial charge in [-0.2, -0.15) is 0 Å². The summed E-state index contributed by atoms with van der Waals surface area (Å²) in [6.45, 7) is 6.32. The van der Waals surface area contributed by atoms with Gasteiger partial charge in [0.1, 0.15) is 0 Å². The predicted octanol–water partition coefficient (Wildman–Crippen LogP) is 1.56. The molecule has 0 aromatic rings. The Hall–Kier alpha value is -0.300. The molecule has 56 valence electrons. The van der Waals surface area contributed by atoms with Gasteiger partial charge in [-0.3, -0.25) is 0 Å². The third kappa shape index (κ3) is 0.807. The summed E-state index contributed by atoms with van der Waals surface area (Å²) in [5.74, 6) is 0.972. The van der Waals surface area contributed by atoms with E-state index in [0.29, 0.717) is 0 Å². The molecule has 0 aromatic heterocycles. The van der Waals surface area contributed by atoms with E-state index in [1.54, 1.807) is 0 Å². The second kappa shape index (κ2) is 2.09. The molecule has 1 N–H and O–H groups in total. The van der Waals surface area contributed by atoms with E-state index in [1.807, 2.05) is 0 Å². The van der Waals surface area contributed by atoms with Crippen LogP contribution in [0.2, 0.25) is 0 Å². The maximum absolute atomic E-state index is 3.76. The molecule has 10 heavy (non-hydrogen) atoms. The summed E-state index contributed by atoms with van der Waals surface area (Å²) < 4.78 is 0. The Labute approximate surface area is 62.5 Å². The molecule has 1 heteroatoms. The molecule has 1 aliphatic carbocycles. The first kappa shape index (κ1) is 6.41. The summed E-state index contributed by atoms with van der Waals surface area (Å²) in [5.41, 5.74) is 0.758. The van der Waals surface area contributed by atoms with Crippen LogP contribution in [0.5, 0.6) is 0 Å². The van der Waals surface area contributed by atoms with Crippen molar-refractivity contribution in [2.75, 3.05) is 13.1 Å². The minimum Gasteiger partial charge on any atom is -0.316 e. The van der Waals surface area contributed by atoms with Crippen molar-refractivity contribution < 1.29 is 0 Å². The lowest BCUT2D eigenvalue weighted by Crippen LogP contribution is -2.60. The lowest BCUT2D eigenvalue weighted by atomic mass is 9.58. The van der Waals surface area contributed by atoms with E-state index >= 15 is 0 Å². The van der Waals surface area contributed by atoms with Crippen LogP contribution in [0.15, 0.2) is 12.7 Å². The molecule has 1 heterocycles. The molecule has 1 nitrogen and oxygen atoms in total. The number of nitrogens with one attached hydrogen (secondary N) is 1. The average Bonchev–Trinajstić information content (AvgIpc) is 1.72. The van der Waals surface area contributed by atoms with Gasteiger partial charge >= 0.3 is 0 Å². The van der Waals surface area contributed by atoms with Gasteiger partial charge in [0.15, 0.2) is 0 Å². The van der Waals surface area contributed by atoms with Crippen LogP contribution in [0.1, 0.15) is 19.3 Å². The van der Waals surface area contributed by atoms with Gasteiger partial charge in [0, 0.05) is 13.1 Å². The first-order valence-electron chi connectivity index (χ1n) is 4.16. The first-order chi connectivity index (χ1) is 4.85. The highest BCUT2D eigenvalue weighted by molar-refractivity contribution is 5.03. The van der Waals surface area contributed by atoms with E-state index in [9.17, 15) is 0 Å². The molecule has 0 radical (unpaired) electrons. The fraction of sp³-hybridized carbons (Fsp3) is 0.778. The molecule has 0 bridgehead atoms. The van der Waals surface area contributed by atoms with Crippen LogP contribution in [0.3, 0.4) is 0 Å². The molecule has 1 saturated heterocycles. The highest BCUT2D eigenvalue weighted by Crippen LogP contribution is 2.49. The molecule has 0 atom stereocenters. The van der Waals surface area contributed by atoms with Crippen molar-refractivity contribution in [3.05, 3.63) is 12.7 Å². The second-order valence-electron chi connectivity index (χ2n) is 3.90. The van der Waals surface area contributed by atoms with Gasteiger partial charge in [0.25, 0.3) is 0 Å². The number of allylic oxidation sites excluding steroid dienone is 1. The molecule has 0 aromatic carbocycles. The molecular weight excluding hydrogens is 122 g/mol. The molecule has 2 rings (SSSR count). The largest absolute Gasteiger partial charge is 0.316 e. The smallest absolute Gasteiger partial charge is 0.00204 e. The van der Waals surface area contributed by atoms with Crippen LogP contribution in [-0.4, -0.2) is 13.1 Å². The topological polar surface area (TPSA) is 12.0 Å². The molecule has 1 saturated carbocycles. The van der Waals surface area contributed by atoms with E-state index in [1.165, 1.54) is 32.4 Å². The van der Waals surface area contributed by atoms with Crippen molar-refractivity contribution in [2.45, 2.75) is 19.3 Å². The summed E-state index contributed by atoms with van der Waals surface area (Å²) in [7, 11) is 0. The minimum absolute atomic E-state index is 0.758. The van der Waals surface area contributed by atoms with Gasteiger partial charge < -0.3 is 5.32 Å². The predicted molar refractivity (Wildman–Crippen MR) is 42.8 cm³/mol. The van der Waals surface area contributed by atoms with Gasteiger partial charge in [0.05, 0.1) is 0 Å². The van der Waals surface area contributed by atoms with Crippen LogP contribution in [0, 0.1) is 11.3 Å². The second-order valence-corrected chi connectivity index (χ2v) is 3.90. The Bertz CT molecular complexity index is 139. The van der Waals surface area contributed by atoms with Crippen LogP contribution in [0.25, 0.3) is 0 Å². The van der Waals surface area contributed by atoms with Gasteiger partial charge in [0.2, 0.25) is 0 Å². The van der Waals surface area contributed by atoms with E-state index in [0.717, 1.165) is 11.3 Å². The lowest BCUT2D eigenvalue weighted by Gasteiger charge is -2.54. The summed E-state index contributed by atoms with van der Waals surface area (Å²) in [6.07, 6.45) is 6.20. The van der Waals surface area contributed by atoms with Crippen molar-refractivity contribution >= 4 is 0 Å². The Morgan fingerprint density at radius 1 is 1.50 bits per heavy atom. The SMILES string of the molecule is C=CCC1CC2(CNC2)C1. The zero-order valence-corrected chi connectivity index (χ0v) is 6.40. The van der Waals surface area contributed by atoms with Crippen LogP contribution in [0.4, 0.5) is 0 Å². The van der Waals surface area contributed by atoms with E-state index in [4.69, 9.17) is 0 Å². The zero-order valence-electron chi connectivity index (χ0n) is 6.40. The number of hydrogen-bond donors (Lipinski definition) is 1. The summed E-state index contributed by atoms with van der Waals surface area (Å²) in [5, 5.41) is 3.34. The monoisotopic (exact) mass is 137 g/mol. The van der Waals surface area contributed by atoms with E-state index < -0.39 is 0 Å². The summed E-state index contributed by atoms with van der Waals surface area (Å²) >= 11 is 0. The van der Waals surface area contributed by atoms with Gasteiger partial charge in [-0.25, -0.2) is 0 Å². The highest BCUT2D eigenvalue weighted by Gasteiger charge is 2.47. The summed E-state index contributed by atoms with van der Waals surface area (Å²) in [6, 6.07) is 0. The maximum Gasteiger partial charge on any atom is 0.00204 e. The molecular formula is C9H15N.